The van der Waals surface area contributed by atoms with Crippen LogP contribution in [0.4, 0.5) is 0 Å². The second-order valence-electron chi connectivity index (χ2n) is 4.47. The van der Waals surface area contributed by atoms with Crippen LogP contribution in [-0.2, 0) is 6.54 Å². The van der Waals surface area contributed by atoms with E-state index in [1.165, 1.54) is 18.4 Å². The first-order chi connectivity index (χ1) is 8.25. The van der Waals surface area contributed by atoms with E-state index >= 15 is 0 Å². The minimum Gasteiger partial charge on any atom is -0.312 e. The summed E-state index contributed by atoms with van der Waals surface area (Å²) in [6.45, 7) is 7.73. The van der Waals surface area contributed by atoms with Gasteiger partial charge in [0.1, 0.15) is 0 Å². The highest BCUT2D eigenvalue weighted by Gasteiger charge is 2.19. The zero-order chi connectivity index (χ0) is 12.1. The van der Waals surface area contributed by atoms with Crippen LogP contribution in [0.3, 0.4) is 0 Å². The Morgan fingerprint density at radius 3 is 3.12 bits per heavy atom. The number of hydrogen-bond acceptors (Lipinski definition) is 5. The highest BCUT2D eigenvalue weighted by atomic mass is 32.2. The van der Waals surface area contributed by atoms with Crippen LogP contribution in [0.15, 0.2) is 17.3 Å². The van der Waals surface area contributed by atoms with Crippen LogP contribution in [0.25, 0.3) is 0 Å². The Hall–Kier alpha value is -0.880. The van der Waals surface area contributed by atoms with Gasteiger partial charge in [0.05, 0.1) is 6.54 Å². The Balaban J connectivity index is 1.72. The fourth-order valence-corrected chi connectivity index (χ4v) is 2.42. The molecule has 1 fully saturated rings. The number of hydrogen-bond donors (Lipinski definition) is 1. The molecule has 0 aromatic carbocycles. The molecule has 1 N–H and O–H groups in total. The van der Waals surface area contributed by atoms with E-state index in [4.69, 9.17) is 0 Å². The van der Waals surface area contributed by atoms with Gasteiger partial charge in [-0.2, -0.15) is 0 Å². The molecule has 1 heterocycles. The zero-order valence-electron chi connectivity index (χ0n) is 10.2. The van der Waals surface area contributed by atoms with Crippen LogP contribution in [-0.4, -0.2) is 38.5 Å². The molecule has 0 saturated heterocycles. The summed E-state index contributed by atoms with van der Waals surface area (Å²) in [7, 11) is 0. The van der Waals surface area contributed by atoms with E-state index in [2.05, 4.69) is 27.4 Å². The predicted molar refractivity (Wildman–Crippen MR) is 69.0 cm³/mol. The second-order valence-corrected chi connectivity index (χ2v) is 5.53. The van der Waals surface area contributed by atoms with Crippen molar-refractivity contribution in [3.8, 4) is 0 Å². The molecule has 2 rings (SSSR count). The first kappa shape index (κ1) is 12.6. The molecule has 1 saturated carbocycles. The molecule has 17 heavy (non-hydrogen) atoms. The van der Waals surface area contributed by atoms with Crippen molar-refractivity contribution in [2.45, 2.75) is 43.9 Å². The highest BCUT2D eigenvalue weighted by Crippen LogP contribution is 2.19. The number of rotatable bonds is 8. The molecule has 94 valence electrons. The van der Waals surface area contributed by atoms with Gasteiger partial charge in [-0.05, 0) is 36.6 Å². The zero-order valence-corrected chi connectivity index (χ0v) is 11.0. The van der Waals surface area contributed by atoms with Gasteiger partial charge < -0.3 is 5.32 Å². The van der Waals surface area contributed by atoms with Crippen LogP contribution in [0.2, 0.25) is 0 Å². The normalized spacial score (nSPS) is 15.1. The lowest BCUT2D eigenvalue weighted by Crippen LogP contribution is -2.22. The van der Waals surface area contributed by atoms with Gasteiger partial charge in [-0.15, -0.1) is 11.7 Å². The van der Waals surface area contributed by atoms with Gasteiger partial charge in [0.15, 0.2) is 0 Å². The molecule has 1 aliphatic rings. The molecule has 0 atom stereocenters. The van der Waals surface area contributed by atoms with E-state index in [1.54, 1.807) is 11.8 Å². The lowest BCUT2D eigenvalue weighted by atomic mass is 10.3. The Morgan fingerprint density at radius 1 is 1.59 bits per heavy atom. The van der Waals surface area contributed by atoms with Gasteiger partial charge in [-0.1, -0.05) is 17.3 Å². The average Bonchev–Trinajstić information content (AvgIpc) is 2.99. The summed E-state index contributed by atoms with van der Waals surface area (Å²) >= 11 is 1.69. The molecule has 0 radical (unpaired) electrons. The topological polar surface area (TPSA) is 55.6 Å². The van der Waals surface area contributed by atoms with E-state index in [1.807, 2.05) is 11.6 Å². The smallest absolute Gasteiger partial charge is 0.209 e. The van der Waals surface area contributed by atoms with Crippen LogP contribution >= 0.6 is 11.8 Å². The van der Waals surface area contributed by atoms with E-state index < -0.39 is 0 Å². The molecule has 0 spiro atoms. The summed E-state index contributed by atoms with van der Waals surface area (Å²) in [5, 5.41) is 16.1. The van der Waals surface area contributed by atoms with E-state index in [0.717, 1.165) is 36.5 Å². The van der Waals surface area contributed by atoms with Crippen molar-refractivity contribution in [3.05, 3.63) is 12.2 Å². The number of aromatic nitrogens is 4. The Labute approximate surface area is 106 Å². The number of tetrazole rings is 1. The molecule has 0 amide bonds. The van der Waals surface area contributed by atoms with Crippen molar-refractivity contribution in [2.24, 2.45) is 0 Å². The second kappa shape index (κ2) is 6.16. The van der Waals surface area contributed by atoms with Crippen molar-refractivity contribution in [2.75, 3.05) is 12.3 Å². The molecule has 0 unspecified atom stereocenters. The summed E-state index contributed by atoms with van der Waals surface area (Å²) in [5.74, 6) is 0.992. The number of nitrogens with zero attached hydrogens (tertiary/aromatic N) is 4. The first-order valence-electron chi connectivity index (χ1n) is 6.02. The number of thioether (sulfide) groups is 1. The minimum absolute atomic E-state index is 0.742. The Bertz CT molecular complexity index is 372. The largest absolute Gasteiger partial charge is 0.312 e. The first-order valence-corrected chi connectivity index (χ1v) is 7.01. The summed E-state index contributed by atoms with van der Waals surface area (Å²) < 4.78 is 1.87. The predicted octanol–water partition coefficient (Wildman–Crippen LogP) is 1.48. The quantitative estimate of drug-likeness (QED) is 0.562. The lowest BCUT2D eigenvalue weighted by molar-refractivity contribution is 0.509. The summed E-state index contributed by atoms with van der Waals surface area (Å²) in [6, 6.07) is 0.742. The molecule has 0 bridgehead atoms. The van der Waals surface area contributed by atoms with Crippen LogP contribution in [0.5, 0.6) is 0 Å². The third-order valence-electron chi connectivity index (χ3n) is 2.59. The van der Waals surface area contributed by atoms with Crippen molar-refractivity contribution in [1.29, 1.82) is 0 Å². The maximum atomic E-state index is 4.03. The average molecular weight is 253 g/mol. The molecular formula is C11H19N5S. The van der Waals surface area contributed by atoms with Crippen LogP contribution < -0.4 is 5.32 Å². The molecule has 1 aliphatic carbocycles. The fourth-order valence-electron chi connectivity index (χ4n) is 1.42. The van der Waals surface area contributed by atoms with E-state index in [9.17, 15) is 0 Å². The van der Waals surface area contributed by atoms with Gasteiger partial charge in [0, 0.05) is 18.3 Å². The van der Waals surface area contributed by atoms with Gasteiger partial charge in [-0.25, -0.2) is 4.68 Å². The van der Waals surface area contributed by atoms with Crippen LogP contribution in [0.1, 0.15) is 26.2 Å². The lowest BCUT2D eigenvalue weighted by Gasteiger charge is -2.05. The van der Waals surface area contributed by atoms with Crippen LogP contribution in [0, 0.1) is 0 Å². The maximum absolute atomic E-state index is 4.03. The summed E-state index contributed by atoms with van der Waals surface area (Å²) in [5.41, 5.74) is 1.20. The molecule has 5 nitrogen and oxygen atoms in total. The molecular weight excluding hydrogens is 234 g/mol. The molecule has 6 heteroatoms. The third kappa shape index (κ3) is 4.47. The van der Waals surface area contributed by atoms with Crippen molar-refractivity contribution in [1.82, 2.24) is 25.5 Å². The summed E-state index contributed by atoms with van der Waals surface area (Å²) in [6.07, 6.45) is 3.64. The number of allylic oxidation sites excluding steroid dienone is 1. The molecule has 0 aliphatic heterocycles. The Morgan fingerprint density at radius 2 is 2.41 bits per heavy atom. The molecule has 1 aromatic heterocycles. The van der Waals surface area contributed by atoms with Crippen molar-refractivity contribution in [3.63, 3.8) is 0 Å². The maximum Gasteiger partial charge on any atom is 0.209 e. The van der Waals surface area contributed by atoms with Crippen molar-refractivity contribution >= 4 is 11.8 Å². The fraction of sp³-hybridized carbons (Fsp3) is 0.727. The highest BCUT2D eigenvalue weighted by molar-refractivity contribution is 7.99. The van der Waals surface area contributed by atoms with Crippen molar-refractivity contribution < 1.29 is 0 Å². The minimum atomic E-state index is 0.742. The Kier molecular flexibility index (Phi) is 4.56. The molecule has 1 aromatic rings. The summed E-state index contributed by atoms with van der Waals surface area (Å²) in [4.78, 5) is 0. The van der Waals surface area contributed by atoms with E-state index in [0.29, 0.717) is 0 Å². The van der Waals surface area contributed by atoms with Gasteiger partial charge in [0.25, 0.3) is 0 Å². The monoisotopic (exact) mass is 253 g/mol. The number of nitrogens with one attached hydrogen (secondary N) is 1. The van der Waals surface area contributed by atoms with E-state index in [-0.39, 0.29) is 0 Å². The van der Waals surface area contributed by atoms with Gasteiger partial charge in [0.2, 0.25) is 5.16 Å². The van der Waals surface area contributed by atoms with Gasteiger partial charge >= 0.3 is 0 Å². The standard InChI is InChI=1S/C11H19N5S/c1-9(2)5-8-17-11-13-14-15-16(11)7-6-12-10-3-4-10/h10,12H,1,3-8H2,2H3. The third-order valence-corrected chi connectivity index (χ3v) is 3.55. The SMILES string of the molecule is C=C(C)CCSc1nnnn1CCNC1CC1. The van der Waals surface area contributed by atoms with Gasteiger partial charge in [-0.3, -0.25) is 0 Å².